The molecule has 0 amide bonds. The Balaban J connectivity index is 3.96. The molecular formula is C8H19N3O2S. The molecule has 6 heteroatoms. The van der Waals surface area contributed by atoms with E-state index in [1.54, 1.807) is 0 Å². The molecule has 0 aromatic carbocycles. The number of sulfonamides is 1. The Labute approximate surface area is 85.6 Å². The van der Waals surface area contributed by atoms with Crippen molar-refractivity contribution in [3.8, 4) is 0 Å². The Bertz CT molecular complexity index is 301. The number of primary sulfonamides is 1. The molecule has 0 rings (SSSR count). The fourth-order valence-electron chi connectivity index (χ4n) is 0.702. The number of aliphatic imine (C=N–C) groups is 1. The predicted molar refractivity (Wildman–Crippen MR) is 58.5 cm³/mol. The van der Waals surface area contributed by atoms with Gasteiger partial charge in [0, 0.05) is 12.0 Å². The Morgan fingerprint density at radius 3 is 2.21 bits per heavy atom. The van der Waals surface area contributed by atoms with Crippen LogP contribution in [-0.4, -0.2) is 26.6 Å². The molecule has 0 saturated carbocycles. The molecule has 0 bridgehead atoms. The molecule has 0 aromatic heterocycles. The summed E-state index contributed by atoms with van der Waals surface area (Å²) in [6.45, 7) is 6.25. The Morgan fingerprint density at radius 1 is 1.36 bits per heavy atom. The predicted octanol–water partition coefficient (Wildman–Crippen LogP) is 0.0683. The van der Waals surface area contributed by atoms with Crippen molar-refractivity contribution in [2.75, 3.05) is 12.3 Å². The minimum Gasteiger partial charge on any atom is -0.387 e. The van der Waals surface area contributed by atoms with Crippen LogP contribution in [0.1, 0.15) is 27.2 Å². The summed E-state index contributed by atoms with van der Waals surface area (Å²) in [6, 6.07) is 0. The average molecular weight is 221 g/mol. The lowest BCUT2D eigenvalue weighted by atomic mass is 9.95. The van der Waals surface area contributed by atoms with Crippen LogP contribution >= 0.6 is 0 Å². The van der Waals surface area contributed by atoms with E-state index in [4.69, 9.17) is 10.9 Å². The lowest BCUT2D eigenvalue weighted by molar-refractivity contribution is 0.580. The van der Waals surface area contributed by atoms with Crippen LogP contribution in [0, 0.1) is 5.41 Å². The van der Waals surface area contributed by atoms with E-state index in [1.165, 1.54) is 0 Å². The lowest BCUT2D eigenvalue weighted by Crippen LogP contribution is -2.29. The molecule has 0 aromatic rings. The molecule has 0 atom stereocenters. The fraction of sp³-hybridized carbons (Fsp3) is 0.875. The average Bonchev–Trinajstić information content (AvgIpc) is 1.93. The monoisotopic (exact) mass is 221 g/mol. The van der Waals surface area contributed by atoms with Crippen molar-refractivity contribution in [1.29, 1.82) is 0 Å². The summed E-state index contributed by atoms with van der Waals surface area (Å²) in [6.07, 6.45) is 0.412. The molecular weight excluding hydrogens is 202 g/mol. The van der Waals surface area contributed by atoms with Gasteiger partial charge in [-0.25, -0.2) is 13.6 Å². The zero-order chi connectivity index (χ0) is 11.4. The van der Waals surface area contributed by atoms with Gasteiger partial charge < -0.3 is 5.73 Å². The molecule has 0 aliphatic carbocycles. The van der Waals surface area contributed by atoms with Crippen molar-refractivity contribution in [2.45, 2.75) is 27.2 Å². The molecule has 0 unspecified atom stereocenters. The summed E-state index contributed by atoms with van der Waals surface area (Å²) in [4.78, 5) is 4.07. The van der Waals surface area contributed by atoms with E-state index in [1.807, 2.05) is 20.8 Å². The number of hydrogen-bond donors (Lipinski definition) is 2. The van der Waals surface area contributed by atoms with Gasteiger partial charge in [-0.3, -0.25) is 4.99 Å². The van der Waals surface area contributed by atoms with Gasteiger partial charge in [0.2, 0.25) is 10.0 Å². The molecule has 5 nitrogen and oxygen atoms in total. The summed E-state index contributed by atoms with van der Waals surface area (Å²) in [5.74, 6) is 0.486. The smallest absolute Gasteiger partial charge is 0.209 e. The van der Waals surface area contributed by atoms with Crippen molar-refractivity contribution in [1.82, 2.24) is 0 Å². The van der Waals surface area contributed by atoms with Gasteiger partial charge in [-0.05, 0) is 6.42 Å². The molecule has 0 heterocycles. The summed E-state index contributed by atoms with van der Waals surface area (Å²) in [7, 11) is -3.37. The van der Waals surface area contributed by atoms with Crippen molar-refractivity contribution >= 4 is 15.9 Å². The van der Waals surface area contributed by atoms with Crippen molar-refractivity contribution in [2.24, 2.45) is 21.3 Å². The standard InChI is InChI=1S/C8H19N3O2S/c1-8(2,3)7(9)11-5-4-6-14(10,12)13/h4-6H2,1-3H3,(H2,9,11)(H2,10,12,13). The number of nitrogens with two attached hydrogens (primary N) is 2. The van der Waals surface area contributed by atoms with E-state index < -0.39 is 10.0 Å². The van der Waals surface area contributed by atoms with E-state index in [0.29, 0.717) is 18.8 Å². The van der Waals surface area contributed by atoms with Crippen LogP contribution in [0.2, 0.25) is 0 Å². The zero-order valence-corrected chi connectivity index (χ0v) is 9.76. The molecule has 84 valence electrons. The first-order chi connectivity index (χ1) is 6.13. The SMILES string of the molecule is CC(C)(C)C(N)=NCCCS(N)(=O)=O. The first-order valence-electron chi connectivity index (χ1n) is 4.44. The molecule has 0 aliphatic heterocycles. The maximum Gasteiger partial charge on any atom is 0.209 e. The van der Waals surface area contributed by atoms with E-state index >= 15 is 0 Å². The number of rotatable bonds is 4. The minimum absolute atomic E-state index is 0.0477. The summed E-state index contributed by atoms with van der Waals surface area (Å²) >= 11 is 0. The number of hydrogen-bond acceptors (Lipinski definition) is 3. The van der Waals surface area contributed by atoms with Crippen LogP contribution in [0.25, 0.3) is 0 Å². The molecule has 0 spiro atoms. The Kier molecular flexibility index (Phi) is 4.54. The second-order valence-corrected chi connectivity index (χ2v) is 5.97. The molecule has 0 aliphatic rings. The van der Waals surface area contributed by atoms with Crippen LogP contribution in [0.3, 0.4) is 0 Å². The third kappa shape index (κ3) is 6.85. The van der Waals surface area contributed by atoms with Gasteiger partial charge >= 0.3 is 0 Å². The van der Waals surface area contributed by atoms with Crippen molar-refractivity contribution < 1.29 is 8.42 Å². The van der Waals surface area contributed by atoms with E-state index in [0.717, 1.165) is 0 Å². The second-order valence-electron chi connectivity index (χ2n) is 4.24. The highest BCUT2D eigenvalue weighted by Gasteiger charge is 2.14. The number of nitrogens with zero attached hydrogens (tertiary/aromatic N) is 1. The minimum atomic E-state index is -3.37. The van der Waals surface area contributed by atoms with E-state index in [2.05, 4.69) is 4.99 Å². The van der Waals surface area contributed by atoms with Crippen LogP contribution in [-0.2, 0) is 10.0 Å². The first-order valence-corrected chi connectivity index (χ1v) is 6.15. The molecule has 0 saturated heterocycles. The van der Waals surface area contributed by atoms with Crippen molar-refractivity contribution in [3.05, 3.63) is 0 Å². The molecule has 0 radical (unpaired) electrons. The van der Waals surface area contributed by atoms with E-state index in [9.17, 15) is 8.42 Å². The maximum atomic E-state index is 10.6. The quantitative estimate of drug-likeness (QED) is 0.399. The van der Waals surface area contributed by atoms with Crippen molar-refractivity contribution in [3.63, 3.8) is 0 Å². The number of amidine groups is 1. The topological polar surface area (TPSA) is 98.5 Å². The fourth-order valence-corrected chi connectivity index (χ4v) is 1.23. The van der Waals surface area contributed by atoms with Crippen LogP contribution in [0.5, 0.6) is 0 Å². The van der Waals surface area contributed by atoms with Crippen LogP contribution in [0.15, 0.2) is 4.99 Å². The maximum absolute atomic E-state index is 10.6. The lowest BCUT2D eigenvalue weighted by Gasteiger charge is -2.17. The largest absolute Gasteiger partial charge is 0.387 e. The van der Waals surface area contributed by atoms with Gasteiger partial charge in [-0.2, -0.15) is 0 Å². The zero-order valence-electron chi connectivity index (χ0n) is 8.95. The summed E-state index contributed by atoms with van der Waals surface area (Å²) < 4.78 is 21.1. The Hall–Kier alpha value is -0.620. The third-order valence-corrected chi connectivity index (χ3v) is 2.50. The normalized spacial score (nSPS) is 14.4. The van der Waals surface area contributed by atoms with Gasteiger partial charge in [0.25, 0.3) is 0 Å². The molecule has 4 N–H and O–H groups in total. The van der Waals surface area contributed by atoms with Gasteiger partial charge in [0.05, 0.1) is 11.6 Å². The van der Waals surface area contributed by atoms with Crippen LogP contribution < -0.4 is 10.9 Å². The highest BCUT2D eigenvalue weighted by atomic mass is 32.2. The Morgan fingerprint density at radius 2 is 1.86 bits per heavy atom. The van der Waals surface area contributed by atoms with Gasteiger partial charge in [0.1, 0.15) is 0 Å². The summed E-state index contributed by atoms with van der Waals surface area (Å²) in [5.41, 5.74) is 5.50. The summed E-state index contributed by atoms with van der Waals surface area (Å²) in [5, 5.41) is 4.83. The highest BCUT2D eigenvalue weighted by molar-refractivity contribution is 7.89. The highest BCUT2D eigenvalue weighted by Crippen LogP contribution is 2.12. The first kappa shape index (κ1) is 13.4. The third-order valence-electron chi connectivity index (χ3n) is 1.64. The molecule has 14 heavy (non-hydrogen) atoms. The van der Waals surface area contributed by atoms with Gasteiger partial charge in [0.15, 0.2) is 0 Å². The second kappa shape index (κ2) is 4.75. The van der Waals surface area contributed by atoms with Crippen LogP contribution in [0.4, 0.5) is 0 Å². The van der Waals surface area contributed by atoms with Gasteiger partial charge in [-0.1, -0.05) is 20.8 Å². The van der Waals surface area contributed by atoms with Gasteiger partial charge in [-0.15, -0.1) is 0 Å². The molecule has 0 fully saturated rings. The van der Waals surface area contributed by atoms with E-state index in [-0.39, 0.29) is 11.2 Å².